The summed E-state index contributed by atoms with van der Waals surface area (Å²) in [5.74, 6) is 0.128. The van der Waals surface area contributed by atoms with Crippen LogP contribution in [0.5, 0.6) is 0 Å². The summed E-state index contributed by atoms with van der Waals surface area (Å²) in [4.78, 5) is 17.3. The first kappa shape index (κ1) is 15.0. The largest absolute Gasteiger partial charge is 0.367 e. The molecule has 1 aromatic rings. The van der Waals surface area contributed by atoms with Gasteiger partial charge in [-0.2, -0.15) is 0 Å². The molecular formula is C16H24N2O2. The number of carbonyl (C=O) groups excluding carboxylic acids is 1. The van der Waals surface area contributed by atoms with Crippen molar-refractivity contribution in [3.05, 3.63) is 35.9 Å². The molecule has 2 atom stereocenters. The Bertz CT molecular complexity index is 453. The van der Waals surface area contributed by atoms with E-state index in [0.29, 0.717) is 12.5 Å². The van der Waals surface area contributed by atoms with E-state index in [1.165, 1.54) is 5.56 Å². The minimum Gasteiger partial charge on any atom is -0.367 e. The summed E-state index contributed by atoms with van der Waals surface area (Å²) < 4.78 is 0. The number of benzene rings is 1. The highest BCUT2D eigenvalue weighted by atomic mass is 16.7. The fourth-order valence-electron chi connectivity index (χ4n) is 2.40. The molecule has 110 valence electrons. The first-order valence-electron chi connectivity index (χ1n) is 7.16. The lowest BCUT2D eigenvalue weighted by Gasteiger charge is -2.36. The molecule has 0 aliphatic carbocycles. The highest BCUT2D eigenvalue weighted by molar-refractivity contribution is 5.75. The fourth-order valence-corrected chi connectivity index (χ4v) is 2.40. The van der Waals surface area contributed by atoms with Gasteiger partial charge in [0.1, 0.15) is 0 Å². The Morgan fingerprint density at radius 1 is 1.30 bits per heavy atom. The summed E-state index contributed by atoms with van der Waals surface area (Å²) in [5, 5.41) is 1.71. The van der Waals surface area contributed by atoms with Gasteiger partial charge in [0.05, 0.1) is 12.0 Å². The molecule has 1 fully saturated rings. The molecule has 1 heterocycles. The standard InChI is InChI=1S/C16H24N2O2/c1-16(2,3)15(19)20-18-10-9-13(14(17)11-18)12-7-5-4-6-8-12/h4-8,13-14H,9-11,17H2,1-3H3. The van der Waals surface area contributed by atoms with Gasteiger partial charge in [0.2, 0.25) is 0 Å². The molecule has 0 spiro atoms. The lowest BCUT2D eigenvalue weighted by Crippen LogP contribution is -2.48. The van der Waals surface area contributed by atoms with Crippen molar-refractivity contribution in [1.82, 2.24) is 5.06 Å². The molecule has 1 aliphatic rings. The van der Waals surface area contributed by atoms with Crippen LogP contribution in [0.2, 0.25) is 0 Å². The maximum absolute atomic E-state index is 11.9. The van der Waals surface area contributed by atoms with Crippen LogP contribution in [0, 0.1) is 5.41 Å². The Kier molecular flexibility index (Phi) is 4.45. The molecule has 20 heavy (non-hydrogen) atoms. The lowest BCUT2D eigenvalue weighted by molar-refractivity contribution is -0.205. The van der Waals surface area contributed by atoms with E-state index in [1.807, 2.05) is 39.0 Å². The third kappa shape index (κ3) is 3.58. The molecule has 0 aromatic heterocycles. The van der Waals surface area contributed by atoms with Crippen LogP contribution >= 0.6 is 0 Å². The molecule has 1 aromatic carbocycles. The topological polar surface area (TPSA) is 55.6 Å². The number of carbonyl (C=O) groups is 1. The van der Waals surface area contributed by atoms with Crippen LogP contribution in [0.15, 0.2) is 30.3 Å². The molecule has 2 N–H and O–H groups in total. The van der Waals surface area contributed by atoms with Crippen LogP contribution in [-0.2, 0) is 9.63 Å². The van der Waals surface area contributed by atoms with Gasteiger partial charge < -0.3 is 10.6 Å². The van der Waals surface area contributed by atoms with Crippen molar-refractivity contribution in [1.29, 1.82) is 0 Å². The Morgan fingerprint density at radius 2 is 1.95 bits per heavy atom. The second-order valence-electron chi connectivity index (χ2n) is 6.49. The maximum Gasteiger partial charge on any atom is 0.330 e. The molecule has 0 saturated carbocycles. The van der Waals surface area contributed by atoms with Crippen LogP contribution in [-0.4, -0.2) is 30.2 Å². The molecular weight excluding hydrogens is 252 g/mol. The molecule has 4 nitrogen and oxygen atoms in total. The highest BCUT2D eigenvalue weighted by Gasteiger charge is 2.32. The second kappa shape index (κ2) is 5.94. The van der Waals surface area contributed by atoms with E-state index in [-0.39, 0.29) is 12.0 Å². The maximum atomic E-state index is 11.9. The van der Waals surface area contributed by atoms with Crippen LogP contribution < -0.4 is 5.73 Å². The van der Waals surface area contributed by atoms with E-state index < -0.39 is 5.41 Å². The molecule has 1 saturated heterocycles. The van der Waals surface area contributed by atoms with Gasteiger partial charge >= 0.3 is 5.97 Å². The SMILES string of the molecule is CC(C)(C)C(=O)ON1CCC(c2ccccc2)C(N)C1. The van der Waals surface area contributed by atoms with Gasteiger partial charge in [0, 0.05) is 18.5 Å². The molecule has 0 radical (unpaired) electrons. The van der Waals surface area contributed by atoms with Crippen LogP contribution in [0.3, 0.4) is 0 Å². The first-order valence-corrected chi connectivity index (χ1v) is 7.16. The van der Waals surface area contributed by atoms with Crippen LogP contribution in [0.25, 0.3) is 0 Å². The van der Waals surface area contributed by atoms with Crippen molar-refractivity contribution in [2.45, 2.75) is 39.2 Å². The van der Waals surface area contributed by atoms with E-state index in [0.717, 1.165) is 13.0 Å². The number of rotatable bonds is 2. The minimum absolute atomic E-state index is 0.0149. The third-order valence-electron chi connectivity index (χ3n) is 3.67. The summed E-state index contributed by atoms with van der Waals surface area (Å²) in [7, 11) is 0. The Hall–Kier alpha value is -1.39. The van der Waals surface area contributed by atoms with Crippen molar-refractivity contribution in [3.63, 3.8) is 0 Å². The molecule has 0 bridgehead atoms. The quantitative estimate of drug-likeness (QED) is 0.900. The zero-order valence-corrected chi connectivity index (χ0v) is 12.5. The average molecular weight is 276 g/mol. The lowest BCUT2D eigenvalue weighted by atomic mass is 9.86. The highest BCUT2D eigenvalue weighted by Crippen LogP contribution is 2.28. The number of hydrogen-bond acceptors (Lipinski definition) is 4. The predicted octanol–water partition coefficient (Wildman–Crippen LogP) is 2.31. The number of nitrogens with zero attached hydrogens (tertiary/aromatic N) is 1. The Morgan fingerprint density at radius 3 is 2.50 bits per heavy atom. The molecule has 1 aliphatic heterocycles. The fraction of sp³-hybridized carbons (Fsp3) is 0.562. The molecule has 0 amide bonds. The molecule has 2 rings (SSSR count). The Labute approximate surface area is 120 Å². The average Bonchev–Trinajstić information content (AvgIpc) is 2.38. The van der Waals surface area contributed by atoms with Gasteiger partial charge in [0.15, 0.2) is 0 Å². The normalized spacial score (nSPS) is 24.4. The zero-order chi connectivity index (χ0) is 14.8. The van der Waals surface area contributed by atoms with Crippen LogP contribution in [0.4, 0.5) is 0 Å². The zero-order valence-electron chi connectivity index (χ0n) is 12.5. The van der Waals surface area contributed by atoms with Gasteiger partial charge in [0.25, 0.3) is 0 Å². The van der Waals surface area contributed by atoms with Gasteiger partial charge in [-0.1, -0.05) is 30.3 Å². The third-order valence-corrected chi connectivity index (χ3v) is 3.67. The summed E-state index contributed by atoms with van der Waals surface area (Å²) in [6, 6.07) is 10.3. The van der Waals surface area contributed by atoms with E-state index in [4.69, 9.17) is 10.6 Å². The molecule has 4 heteroatoms. The predicted molar refractivity (Wildman–Crippen MR) is 78.9 cm³/mol. The van der Waals surface area contributed by atoms with Crippen LogP contribution in [0.1, 0.15) is 38.7 Å². The number of nitrogens with two attached hydrogens (primary N) is 1. The van der Waals surface area contributed by atoms with Crippen molar-refractivity contribution < 1.29 is 9.63 Å². The number of hydroxylamine groups is 2. The van der Waals surface area contributed by atoms with E-state index in [2.05, 4.69) is 12.1 Å². The summed E-state index contributed by atoms with van der Waals surface area (Å²) >= 11 is 0. The monoisotopic (exact) mass is 276 g/mol. The van der Waals surface area contributed by atoms with E-state index >= 15 is 0 Å². The van der Waals surface area contributed by atoms with Crippen molar-refractivity contribution in [2.75, 3.05) is 13.1 Å². The Balaban J connectivity index is 1.94. The van der Waals surface area contributed by atoms with Gasteiger partial charge in [-0.25, -0.2) is 4.79 Å². The van der Waals surface area contributed by atoms with E-state index in [9.17, 15) is 4.79 Å². The van der Waals surface area contributed by atoms with Crippen molar-refractivity contribution in [3.8, 4) is 0 Å². The van der Waals surface area contributed by atoms with Gasteiger partial charge in [-0.05, 0) is 32.8 Å². The summed E-state index contributed by atoms with van der Waals surface area (Å²) in [6.07, 6.45) is 0.905. The second-order valence-corrected chi connectivity index (χ2v) is 6.49. The summed E-state index contributed by atoms with van der Waals surface area (Å²) in [6.45, 7) is 6.88. The first-order chi connectivity index (χ1) is 9.38. The van der Waals surface area contributed by atoms with Gasteiger partial charge in [-0.15, -0.1) is 5.06 Å². The van der Waals surface area contributed by atoms with Gasteiger partial charge in [-0.3, -0.25) is 0 Å². The number of hydrogen-bond donors (Lipinski definition) is 1. The molecule has 2 unspecified atom stereocenters. The smallest absolute Gasteiger partial charge is 0.330 e. The van der Waals surface area contributed by atoms with Crippen molar-refractivity contribution in [2.24, 2.45) is 11.1 Å². The van der Waals surface area contributed by atoms with Crippen molar-refractivity contribution >= 4 is 5.97 Å². The van der Waals surface area contributed by atoms with E-state index in [1.54, 1.807) is 5.06 Å². The minimum atomic E-state index is -0.486. The summed E-state index contributed by atoms with van der Waals surface area (Å²) in [5.41, 5.74) is 7.03. The number of piperidine rings is 1.